The third kappa shape index (κ3) is 2.91. The van der Waals surface area contributed by atoms with Gasteiger partial charge in [0.25, 0.3) is 0 Å². The number of para-hydroxylation sites is 1. The van der Waals surface area contributed by atoms with E-state index in [9.17, 15) is 4.79 Å². The molecule has 2 N–H and O–H groups in total. The van der Waals surface area contributed by atoms with Crippen molar-refractivity contribution in [1.29, 1.82) is 0 Å². The highest BCUT2D eigenvalue weighted by molar-refractivity contribution is 7.15. The Hall–Kier alpha value is -1.92. The molecule has 0 unspecified atom stereocenters. The standard InChI is InChI=1S/C15H18N4OS/c1-2-19(11-6-4-3-5-7-11)14(20)10-18-8-12-13(9-18)21-15(16)17-12/h3-7H,2,8-10H2,1H3,(H2,16,17). The average molecular weight is 302 g/mol. The highest BCUT2D eigenvalue weighted by Crippen LogP contribution is 2.29. The van der Waals surface area contributed by atoms with Crippen LogP contribution in [0, 0.1) is 0 Å². The van der Waals surface area contributed by atoms with Gasteiger partial charge in [-0.2, -0.15) is 0 Å². The van der Waals surface area contributed by atoms with Crippen LogP contribution in [0.4, 0.5) is 10.8 Å². The number of amides is 1. The first kappa shape index (κ1) is 14.0. The molecule has 0 bridgehead atoms. The molecule has 0 fully saturated rings. The van der Waals surface area contributed by atoms with E-state index in [0.29, 0.717) is 24.8 Å². The van der Waals surface area contributed by atoms with Crippen molar-refractivity contribution in [2.24, 2.45) is 0 Å². The highest BCUT2D eigenvalue weighted by Gasteiger charge is 2.26. The molecular formula is C15H18N4OS. The zero-order valence-electron chi connectivity index (χ0n) is 12.0. The molecule has 21 heavy (non-hydrogen) atoms. The Balaban J connectivity index is 1.65. The highest BCUT2D eigenvalue weighted by atomic mass is 32.1. The van der Waals surface area contributed by atoms with E-state index in [2.05, 4.69) is 9.88 Å². The largest absolute Gasteiger partial charge is 0.375 e. The Kier molecular flexibility index (Phi) is 3.90. The molecular weight excluding hydrogens is 284 g/mol. The second-order valence-electron chi connectivity index (χ2n) is 5.04. The van der Waals surface area contributed by atoms with Crippen molar-refractivity contribution in [1.82, 2.24) is 9.88 Å². The molecule has 0 spiro atoms. The van der Waals surface area contributed by atoms with Gasteiger partial charge < -0.3 is 10.6 Å². The van der Waals surface area contributed by atoms with E-state index in [1.807, 2.05) is 42.2 Å². The summed E-state index contributed by atoms with van der Waals surface area (Å²) in [6.07, 6.45) is 0. The van der Waals surface area contributed by atoms with Crippen molar-refractivity contribution in [2.45, 2.75) is 20.0 Å². The van der Waals surface area contributed by atoms with Crippen molar-refractivity contribution in [2.75, 3.05) is 23.7 Å². The number of thiazole rings is 1. The smallest absolute Gasteiger partial charge is 0.241 e. The fourth-order valence-corrected chi connectivity index (χ4v) is 3.50. The lowest BCUT2D eigenvalue weighted by Gasteiger charge is -2.24. The number of nitrogen functional groups attached to an aromatic ring is 1. The summed E-state index contributed by atoms with van der Waals surface area (Å²) in [6, 6.07) is 9.78. The number of aromatic nitrogens is 1. The molecule has 0 saturated carbocycles. The van der Waals surface area contributed by atoms with Gasteiger partial charge in [0.2, 0.25) is 5.91 Å². The minimum atomic E-state index is 0.117. The second-order valence-corrected chi connectivity index (χ2v) is 6.16. The van der Waals surface area contributed by atoms with Crippen molar-refractivity contribution in [3.8, 4) is 0 Å². The van der Waals surface area contributed by atoms with Crippen LogP contribution in [0.15, 0.2) is 30.3 Å². The lowest BCUT2D eigenvalue weighted by molar-refractivity contribution is -0.119. The molecule has 6 heteroatoms. The first-order valence-corrected chi connectivity index (χ1v) is 7.81. The van der Waals surface area contributed by atoms with E-state index in [0.717, 1.165) is 17.9 Å². The zero-order chi connectivity index (χ0) is 14.8. The maximum atomic E-state index is 12.5. The third-order valence-electron chi connectivity index (χ3n) is 3.58. The maximum absolute atomic E-state index is 12.5. The summed E-state index contributed by atoms with van der Waals surface area (Å²) in [4.78, 5) is 21.9. The number of rotatable bonds is 4. The zero-order valence-corrected chi connectivity index (χ0v) is 12.8. The first-order chi connectivity index (χ1) is 10.2. The van der Waals surface area contributed by atoms with Gasteiger partial charge in [-0.05, 0) is 19.1 Å². The van der Waals surface area contributed by atoms with Gasteiger partial charge in [-0.15, -0.1) is 11.3 Å². The number of carbonyl (C=O) groups excluding carboxylic acids is 1. The van der Waals surface area contributed by atoms with E-state index in [-0.39, 0.29) is 5.91 Å². The number of nitrogens with two attached hydrogens (primary N) is 1. The minimum Gasteiger partial charge on any atom is -0.375 e. The normalized spacial score (nSPS) is 14.1. The molecule has 110 valence electrons. The topological polar surface area (TPSA) is 62.5 Å². The van der Waals surface area contributed by atoms with Crippen molar-refractivity contribution >= 4 is 28.1 Å². The Morgan fingerprint density at radius 3 is 2.81 bits per heavy atom. The Bertz CT molecular complexity index is 617. The van der Waals surface area contributed by atoms with Gasteiger partial charge in [0.15, 0.2) is 5.13 Å². The number of nitrogens with zero attached hydrogens (tertiary/aromatic N) is 3. The van der Waals surface area contributed by atoms with Crippen LogP contribution in [0.5, 0.6) is 0 Å². The SMILES string of the molecule is CCN(C(=O)CN1Cc2nc(N)sc2C1)c1ccccc1. The fraction of sp³-hybridized carbons (Fsp3) is 0.333. The number of likely N-dealkylation sites (N-methyl/N-ethyl adjacent to an activating group) is 1. The van der Waals surface area contributed by atoms with Crippen LogP contribution in [-0.2, 0) is 17.9 Å². The van der Waals surface area contributed by atoms with Crippen LogP contribution in [-0.4, -0.2) is 28.9 Å². The van der Waals surface area contributed by atoms with Gasteiger partial charge >= 0.3 is 0 Å². The monoisotopic (exact) mass is 302 g/mol. The molecule has 1 aliphatic heterocycles. The number of anilines is 2. The van der Waals surface area contributed by atoms with Crippen LogP contribution < -0.4 is 10.6 Å². The molecule has 1 aliphatic rings. The minimum absolute atomic E-state index is 0.117. The van der Waals surface area contributed by atoms with E-state index >= 15 is 0 Å². The van der Waals surface area contributed by atoms with Gasteiger partial charge in [-0.25, -0.2) is 4.98 Å². The molecule has 3 rings (SSSR count). The summed E-state index contributed by atoms with van der Waals surface area (Å²) in [5.41, 5.74) is 7.66. The molecule has 0 atom stereocenters. The molecule has 2 aromatic rings. The number of benzene rings is 1. The molecule has 2 heterocycles. The Morgan fingerprint density at radius 2 is 2.14 bits per heavy atom. The fourth-order valence-electron chi connectivity index (χ4n) is 2.62. The van der Waals surface area contributed by atoms with Crippen LogP contribution in [0.1, 0.15) is 17.5 Å². The number of hydrogen-bond acceptors (Lipinski definition) is 5. The quantitative estimate of drug-likeness (QED) is 0.939. The van der Waals surface area contributed by atoms with Gasteiger partial charge in [0.1, 0.15) is 0 Å². The van der Waals surface area contributed by atoms with Crippen LogP contribution in [0.2, 0.25) is 0 Å². The van der Waals surface area contributed by atoms with Crippen molar-refractivity contribution in [3.05, 3.63) is 40.9 Å². The molecule has 1 aromatic heterocycles. The number of carbonyl (C=O) groups is 1. The molecule has 0 radical (unpaired) electrons. The van der Waals surface area contributed by atoms with E-state index in [1.165, 1.54) is 16.2 Å². The predicted octanol–water partition coefficient (Wildman–Crippen LogP) is 2.09. The molecule has 1 amide bonds. The van der Waals surface area contributed by atoms with Gasteiger partial charge in [-0.3, -0.25) is 9.69 Å². The Morgan fingerprint density at radius 1 is 1.38 bits per heavy atom. The summed E-state index contributed by atoms with van der Waals surface area (Å²) in [5, 5.41) is 0.616. The summed E-state index contributed by atoms with van der Waals surface area (Å²) in [7, 11) is 0. The van der Waals surface area contributed by atoms with Crippen LogP contribution in [0.25, 0.3) is 0 Å². The van der Waals surface area contributed by atoms with Gasteiger partial charge in [0, 0.05) is 30.2 Å². The summed E-state index contributed by atoms with van der Waals surface area (Å²) < 4.78 is 0. The van der Waals surface area contributed by atoms with Crippen molar-refractivity contribution in [3.63, 3.8) is 0 Å². The number of hydrogen-bond donors (Lipinski definition) is 1. The molecule has 1 aromatic carbocycles. The first-order valence-electron chi connectivity index (χ1n) is 6.99. The van der Waals surface area contributed by atoms with Crippen LogP contribution >= 0.6 is 11.3 Å². The summed E-state index contributed by atoms with van der Waals surface area (Å²) in [5.74, 6) is 0.117. The maximum Gasteiger partial charge on any atom is 0.241 e. The third-order valence-corrected chi connectivity index (χ3v) is 4.49. The second kappa shape index (κ2) is 5.83. The molecule has 0 saturated heterocycles. The van der Waals surface area contributed by atoms with E-state index in [1.54, 1.807) is 0 Å². The Labute approximate surface area is 128 Å². The van der Waals surface area contributed by atoms with Crippen LogP contribution in [0.3, 0.4) is 0 Å². The lowest BCUT2D eigenvalue weighted by Crippen LogP contribution is -2.38. The predicted molar refractivity (Wildman–Crippen MR) is 85.1 cm³/mol. The summed E-state index contributed by atoms with van der Waals surface area (Å²) in [6.45, 7) is 4.55. The molecule has 0 aliphatic carbocycles. The van der Waals surface area contributed by atoms with Crippen molar-refractivity contribution < 1.29 is 4.79 Å². The molecule has 5 nitrogen and oxygen atoms in total. The van der Waals surface area contributed by atoms with Gasteiger partial charge in [-0.1, -0.05) is 18.2 Å². The van der Waals surface area contributed by atoms with E-state index < -0.39 is 0 Å². The lowest BCUT2D eigenvalue weighted by atomic mass is 10.3. The summed E-state index contributed by atoms with van der Waals surface area (Å²) >= 11 is 1.52. The van der Waals surface area contributed by atoms with E-state index in [4.69, 9.17) is 5.73 Å². The number of fused-ring (bicyclic) bond motifs is 1. The van der Waals surface area contributed by atoms with Gasteiger partial charge in [0.05, 0.1) is 12.2 Å². The average Bonchev–Trinajstić information content (AvgIpc) is 2.97.